The lowest BCUT2D eigenvalue weighted by atomic mass is 10.1. The fraction of sp³-hybridized carbons (Fsp3) is 0.304. The zero-order valence-electron chi connectivity index (χ0n) is 17.8. The van der Waals surface area contributed by atoms with Gasteiger partial charge in [-0.25, -0.2) is 5.84 Å². The summed E-state index contributed by atoms with van der Waals surface area (Å²) in [5, 5.41) is 1.62. The van der Waals surface area contributed by atoms with Crippen LogP contribution in [0.3, 0.4) is 0 Å². The van der Waals surface area contributed by atoms with Crippen LogP contribution in [0.15, 0.2) is 59.7 Å². The molecule has 2 aromatic carbocycles. The summed E-state index contributed by atoms with van der Waals surface area (Å²) < 4.78 is 6.77. The Labute approximate surface area is 188 Å². The highest BCUT2D eigenvalue weighted by Crippen LogP contribution is 2.26. The number of hydrogen-bond acceptors (Lipinski definition) is 6. The highest BCUT2D eigenvalue weighted by molar-refractivity contribution is 9.10. The topological polar surface area (TPSA) is 93.8 Å². The van der Waals surface area contributed by atoms with Gasteiger partial charge >= 0.3 is 0 Å². The van der Waals surface area contributed by atoms with Crippen molar-refractivity contribution in [1.29, 1.82) is 0 Å². The number of halogens is 1. The maximum atomic E-state index is 6.16. The first kappa shape index (κ1) is 23.8. The molecule has 0 aliphatic heterocycles. The van der Waals surface area contributed by atoms with Crippen LogP contribution in [0, 0.1) is 0 Å². The SMILES string of the molecule is C=C(N)c1ccc(/C(N)=C/N(N)CCCc2ccc(OCCN(C)C)c(Br)c2)cc1. The van der Waals surface area contributed by atoms with E-state index in [1.54, 1.807) is 11.2 Å². The maximum absolute atomic E-state index is 6.16. The summed E-state index contributed by atoms with van der Waals surface area (Å²) >= 11 is 3.59. The van der Waals surface area contributed by atoms with Crippen molar-refractivity contribution in [3.05, 3.63) is 76.4 Å². The van der Waals surface area contributed by atoms with Crippen molar-refractivity contribution in [2.75, 3.05) is 33.8 Å². The van der Waals surface area contributed by atoms with Gasteiger partial charge in [-0.1, -0.05) is 36.9 Å². The third-order valence-electron chi connectivity index (χ3n) is 4.57. The number of hydrazine groups is 1. The molecule has 0 aliphatic rings. The van der Waals surface area contributed by atoms with Gasteiger partial charge in [-0.15, -0.1) is 0 Å². The lowest BCUT2D eigenvalue weighted by Crippen LogP contribution is -2.27. The molecule has 2 rings (SSSR count). The standard InChI is InChI=1S/C23H32BrN5O/c1-17(25)19-7-9-20(10-8-19)22(26)16-29(27)12-4-5-18-6-11-23(21(24)15-18)30-14-13-28(2)3/h6-11,15-16H,1,4-5,12-14,25-27H2,2-3H3/b22-16-. The highest BCUT2D eigenvalue weighted by atomic mass is 79.9. The van der Waals surface area contributed by atoms with Gasteiger partial charge in [0, 0.05) is 25.0 Å². The fourth-order valence-corrected chi connectivity index (χ4v) is 3.36. The molecule has 0 aliphatic carbocycles. The minimum atomic E-state index is 0.532. The maximum Gasteiger partial charge on any atom is 0.133 e. The van der Waals surface area contributed by atoms with E-state index in [1.807, 2.05) is 44.4 Å². The second kappa shape index (κ2) is 11.6. The molecule has 6 N–H and O–H groups in total. The van der Waals surface area contributed by atoms with Gasteiger partial charge < -0.3 is 26.1 Å². The predicted molar refractivity (Wildman–Crippen MR) is 129 cm³/mol. The summed E-state index contributed by atoms with van der Waals surface area (Å²) in [6, 6.07) is 13.8. The molecule has 0 saturated carbocycles. The summed E-state index contributed by atoms with van der Waals surface area (Å²) in [6.45, 7) is 5.96. The molecule has 0 radical (unpaired) electrons. The second-order valence-corrected chi connectivity index (χ2v) is 8.30. The van der Waals surface area contributed by atoms with Crippen LogP contribution in [-0.4, -0.2) is 43.7 Å². The van der Waals surface area contributed by atoms with Crippen molar-refractivity contribution in [3.8, 4) is 5.75 Å². The van der Waals surface area contributed by atoms with Crippen molar-refractivity contribution >= 4 is 27.3 Å². The molecule has 30 heavy (non-hydrogen) atoms. The Morgan fingerprint density at radius 3 is 2.33 bits per heavy atom. The van der Waals surface area contributed by atoms with E-state index >= 15 is 0 Å². The van der Waals surface area contributed by atoms with Gasteiger partial charge in [0.1, 0.15) is 12.4 Å². The Balaban J connectivity index is 1.83. The van der Waals surface area contributed by atoms with E-state index < -0.39 is 0 Å². The number of ether oxygens (including phenoxy) is 1. The largest absolute Gasteiger partial charge is 0.491 e. The summed E-state index contributed by atoms with van der Waals surface area (Å²) in [5.74, 6) is 6.96. The first-order chi connectivity index (χ1) is 14.3. The van der Waals surface area contributed by atoms with Crippen LogP contribution in [0.2, 0.25) is 0 Å². The molecule has 0 unspecified atom stereocenters. The van der Waals surface area contributed by atoms with Crippen LogP contribution >= 0.6 is 15.9 Å². The van der Waals surface area contributed by atoms with E-state index in [2.05, 4.69) is 39.5 Å². The normalized spacial score (nSPS) is 11.6. The Hall–Kier alpha value is -2.48. The molecule has 0 atom stereocenters. The van der Waals surface area contributed by atoms with Gasteiger partial charge in [0.2, 0.25) is 0 Å². The molecule has 0 fully saturated rings. The lowest BCUT2D eigenvalue weighted by Gasteiger charge is -2.16. The van der Waals surface area contributed by atoms with Gasteiger partial charge in [-0.05, 0) is 71.7 Å². The third-order valence-corrected chi connectivity index (χ3v) is 5.19. The van der Waals surface area contributed by atoms with Crippen molar-refractivity contribution in [2.45, 2.75) is 12.8 Å². The summed E-state index contributed by atoms with van der Waals surface area (Å²) in [5.41, 5.74) is 16.0. The number of aryl methyl sites for hydroxylation is 1. The predicted octanol–water partition coefficient (Wildman–Crippen LogP) is 3.38. The quantitative estimate of drug-likeness (QED) is 0.342. The molecule has 0 aromatic heterocycles. The first-order valence-corrected chi connectivity index (χ1v) is 10.7. The van der Waals surface area contributed by atoms with E-state index in [-0.39, 0.29) is 0 Å². The number of nitrogens with zero attached hydrogens (tertiary/aromatic N) is 2. The van der Waals surface area contributed by atoms with Crippen LogP contribution in [-0.2, 0) is 6.42 Å². The lowest BCUT2D eigenvalue weighted by molar-refractivity contribution is 0.260. The minimum absolute atomic E-state index is 0.532. The average Bonchev–Trinajstić information content (AvgIpc) is 2.69. The average molecular weight is 474 g/mol. The molecular weight excluding hydrogens is 442 g/mol. The second-order valence-electron chi connectivity index (χ2n) is 7.44. The van der Waals surface area contributed by atoms with Crippen LogP contribution in [0.25, 0.3) is 11.4 Å². The first-order valence-electron chi connectivity index (χ1n) is 9.86. The van der Waals surface area contributed by atoms with Crippen LogP contribution in [0.4, 0.5) is 0 Å². The molecule has 0 heterocycles. The van der Waals surface area contributed by atoms with Crippen LogP contribution in [0.1, 0.15) is 23.1 Å². The van der Waals surface area contributed by atoms with Crippen LogP contribution < -0.4 is 22.0 Å². The Morgan fingerprint density at radius 2 is 1.73 bits per heavy atom. The van der Waals surface area contributed by atoms with Gasteiger partial charge in [-0.2, -0.15) is 0 Å². The van der Waals surface area contributed by atoms with Crippen molar-refractivity contribution in [1.82, 2.24) is 9.91 Å². The molecule has 0 bridgehead atoms. The zero-order valence-corrected chi connectivity index (χ0v) is 19.4. The number of benzene rings is 2. The molecule has 0 saturated heterocycles. The Bertz CT molecular complexity index is 864. The van der Waals surface area contributed by atoms with Crippen molar-refractivity contribution < 1.29 is 4.74 Å². The zero-order chi connectivity index (χ0) is 22.1. The number of likely N-dealkylation sites (N-methyl/N-ethyl adjacent to an activating group) is 1. The van der Waals surface area contributed by atoms with Crippen molar-refractivity contribution in [2.24, 2.45) is 17.3 Å². The van der Waals surface area contributed by atoms with Crippen molar-refractivity contribution in [3.63, 3.8) is 0 Å². The molecule has 162 valence electrons. The number of hydrogen-bond donors (Lipinski definition) is 3. The molecule has 6 nitrogen and oxygen atoms in total. The molecule has 7 heteroatoms. The Morgan fingerprint density at radius 1 is 1.07 bits per heavy atom. The number of nitrogens with two attached hydrogens (primary N) is 3. The smallest absolute Gasteiger partial charge is 0.133 e. The summed E-state index contributed by atoms with van der Waals surface area (Å²) in [7, 11) is 4.06. The molecule has 2 aromatic rings. The summed E-state index contributed by atoms with van der Waals surface area (Å²) in [4.78, 5) is 2.09. The Kier molecular flexibility index (Phi) is 9.23. The van der Waals surface area contributed by atoms with Gasteiger partial charge in [0.05, 0.1) is 10.2 Å². The van der Waals surface area contributed by atoms with E-state index in [4.69, 9.17) is 22.0 Å². The van der Waals surface area contributed by atoms with E-state index in [0.29, 0.717) is 24.5 Å². The molecule has 0 spiro atoms. The van der Waals surface area contributed by atoms with E-state index in [9.17, 15) is 0 Å². The highest BCUT2D eigenvalue weighted by Gasteiger charge is 2.05. The monoisotopic (exact) mass is 473 g/mol. The van der Waals surface area contributed by atoms with Gasteiger partial charge in [0.15, 0.2) is 0 Å². The molecular formula is C23H32BrN5O. The van der Waals surface area contributed by atoms with Gasteiger partial charge in [-0.3, -0.25) is 0 Å². The van der Waals surface area contributed by atoms with Gasteiger partial charge in [0.25, 0.3) is 0 Å². The summed E-state index contributed by atoms with van der Waals surface area (Å²) in [6.07, 6.45) is 3.56. The third kappa shape index (κ3) is 7.74. The number of rotatable bonds is 11. The fourth-order valence-electron chi connectivity index (χ4n) is 2.82. The van der Waals surface area contributed by atoms with E-state index in [0.717, 1.165) is 40.7 Å². The molecule has 0 amide bonds. The minimum Gasteiger partial charge on any atom is -0.491 e. The van der Waals surface area contributed by atoms with Crippen LogP contribution in [0.5, 0.6) is 5.75 Å². The van der Waals surface area contributed by atoms with E-state index in [1.165, 1.54) is 5.56 Å².